The van der Waals surface area contributed by atoms with Gasteiger partial charge in [0, 0.05) is 19.1 Å². The molecule has 104 valence electrons. The smallest absolute Gasteiger partial charge is 0.254 e. The fourth-order valence-electron chi connectivity index (χ4n) is 2.55. The molecule has 2 saturated heterocycles. The highest BCUT2D eigenvalue weighted by molar-refractivity contribution is 5.81. The lowest BCUT2D eigenvalue weighted by Gasteiger charge is -2.33. The zero-order valence-electron chi connectivity index (χ0n) is 11.2. The molecule has 18 heavy (non-hydrogen) atoms. The molecule has 1 amide bonds. The van der Waals surface area contributed by atoms with Crippen molar-refractivity contribution < 1.29 is 14.3 Å². The lowest BCUT2D eigenvalue weighted by atomic mass is 10.0. The number of nitrogens with one attached hydrogen (secondary N) is 1. The third-order valence-corrected chi connectivity index (χ3v) is 3.64. The lowest BCUT2D eigenvalue weighted by molar-refractivity contribution is -0.158. The molecule has 0 aromatic carbocycles. The van der Waals surface area contributed by atoms with Crippen molar-refractivity contribution in [3.8, 4) is 0 Å². The molecule has 2 heterocycles. The third kappa shape index (κ3) is 3.67. The van der Waals surface area contributed by atoms with Gasteiger partial charge in [-0.2, -0.15) is 0 Å². The second-order valence-electron chi connectivity index (χ2n) is 4.96. The zero-order valence-corrected chi connectivity index (χ0v) is 11.2. The Balaban J connectivity index is 1.84. The normalized spacial score (nSPS) is 28.9. The van der Waals surface area contributed by atoms with Crippen LogP contribution in [0.5, 0.6) is 0 Å². The highest BCUT2D eigenvalue weighted by Gasteiger charge is 2.28. The third-order valence-electron chi connectivity index (χ3n) is 3.64. The zero-order chi connectivity index (χ0) is 12.8. The molecular weight excluding hydrogens is 232 g/mol. The Morgan fingerprint density at radius 1 is 1.39 bits per heavy atom. The molecule has 5 heteroatoms. The summed E-state index contributed by atoms with van der Waals surface area (Å²) >= 11 is 0. The van der Waals surface area contributed by atoms with Gasteiger partial charge in [-0.05, 0) is 26.3 Å². The van der Waals surface area contributed by atoms with Gasteiger partial charge in [0.1, 0.15) is 0 Å². The summed E-state index contributed by atoms with van der Waals surface area (Å²) in [5, 5.41) is 3.48. The fraction of sp³-hybridized carbons (Fsp3) is 0.923. The van der Waals surface area contributed by atoms with Gasteiger partial charge < -0.3 is 19.7 Å². The van der Waals surface area contributed by atoms with E-state index in [2.05, 4.69) is 5.32 Å². The molecule has 0 bridgehead atoms. The van der Waals surface area contributed by atoms with Gasteiger partial charge in [-0.25, -0.2) is 0 Å². The van der Waals surface area contributed by atoms with Gasteiger partial charge in [0.05, 0.1) is 19.8 Å². The summed E-state index contributed by atoms with van der Waals surface area (Å²) in [6.07, 6.45) is 3.26. The predicted octanol–water partition coefficient (Wildman–Crippen LogP) is 0.392. The van der Waals surface area contributed by atoms with Crippen LogP contribution in [0.3, 0.4) is 0 Å². The molecule has 2 unspecified atom stereocenters. The van der Waals surface area contributed by atoms with Crippen molar-refractivity contribution >= 4 is 5.91 Å². The van der Waals surface area contributed by atoms with Crippen LogP contribution < -0.4 is 5.32 Å². The second-order valence-corrected chi connectivity index (χ2v) is 4.96. The first-order valence-corrected chi connectivity index (χ1v) is 7.02. The van der Waals surface area contributed by atoms with Crippen LogP contribution in [0.1, 0.15) is 26.2 Å². The summed E-state index contributed by atoms with van der Waals surface area (Å²) < 4.78 is 10.8. The SMILES string of the molecule is CCN(CC1CCCCN1)C(=O)C1COCCO1. The number of amides is 1. The van der Waals surface area contributed by atoms with Crippen LogP contribution in [0.15, 0.2) is 0 Å². The van der Waals surface area contributed by atoms with Crippen LogP contribution >= 0.6 is 0 Å². The summed E-state index contributed by atoms with van der Waals surface area (Å²) in [6, 6.07) is 0.437. The standard InChI is InChI=1S/C13H24N2O3/c1-2-15(9-11-5-3-4-6-14-11)13(16)12-10-17-7-8-18-12/h11-12,14H,2-10H2,1H3. The molecular formula is C13H24N2O3. The van der Waals surface area contributed by atoms with Crippen LogP contribution in [-0.2, 0) is 14.3 Å². The van der Waals surface area contributed by atoms with Crippen molar-refractivity contribution in [2.24, 2.45) is 0 Å². The number of piperidine rings is 1. The average Bonchev–Trinajstić information content (AvgIpc) is 2.46. The maximum absolute atomic E-state index is 12.3. The number of nitrogens with zero attached hydrogens (tertiary/aromatic N) is 1. The van der Waals surface area contributed by atoms with E-state index in [0.717, 1.165) is 26.1 Å². The molecule has 2 rings (SSSR count). The minimum Gasteiger partial charge on any atom is -0.376 e. The molecule has 5 nitrogen and oxygen atoms in total. The highest BCUT2D eigenvalue weighted by atomic mass is 16.6. The first-order valence-electron chi connectivity index (χ1n) is 7.02. The summed E-state index contributed by atoms with van der Waals surface area (Å²) in [7, 11) is 0. The Bertz CT molecular complexity index is 261. The minimum atomic E-state index is -0.401. The second kappa shape index (κ2) is 7.07. The molecule has 0 saturated carbocycles. The van der Waals surface area contributed by atoms with Crippen molar-refractivity contribution in [1.29, 1.82) is 0 Å². The van der Waals surface area contributed by atoms with Gasteiger partial charge >= 0.3 is 0 Å². The molecule has 0 spiro atoms. The maximum Gasteiger partial charge on any atom is 0.254 e. The van der Waals surface area contributed by atoms with Crippen LogP contribution in [0, 0.1) is 0 Å². The van der Waals surface area contributed by atoms with Crippen LogP contribution in [0.25, 0.3) is 0 Å². The van der Waals surface area contributed by atoms with Gasteiger partial charge in [0.15, 0.2) is 6.10 Å². The van der Waals surface area contributed by atoms with Gasteiger partial charge in [0.2, 0.25) is 0 Å². The van der Waals surface area contributed by atoms with Gasteiger partial charge in [0.25, 0.3) is 5.91 Å². The summed E-state index contributed by atoms with van der Waals surface area (Å²) in [6.45, 7) is 6.12. The minimum absolute atomic E-state index is 0.0737. The van der Waals surface area contributed by atoms with Crippen molar-refractivity contribution in [2.75, 3.05) is 39.5 Å². The van der Waals surface area contributed by atoms with Crippen molar-refractivity contribution in [3.63, 3.8) is 0 Å². The molecule has 0 aromatic rings. The molecule has 2 fully saturated rings. The molecule has 2 atom stereocenters. The summed E-state index contributed by atoms with van der Waals surface area (Å²) in [5.41, 5.74) is 0. The van der Waals surface area contributed by atoms with E-state index < -0.39 is 6.10 Å². The monoisotopic (exact) mass is 256 g/mol. The quantitative estimate of drug-likeness (QED) is 0.790. The van der Waals surface area contributed by atoms with E-state index >= 15 is 0 Å². The highest BCUT2D eigenvalue weighted by Crippen LogP contribution is 2.11. The predicted molar refractivity (Wildman–Crippen MR) is 68.5 cm³/mol. The number of ether oxygens (including phenoxy) is 2. The van der Waals surface area contributed by atoms with Crippen molar-refractivity contribution in [3.05, 3.63) is 0 Å². The Labute approximate surface area is 109 Å². The van der Waals surface area contributed by atoms with E-state index in [0.29, 0.717) is 25.9 Å². The van der Waals surface area contributed by atoms with Crippen LogP contribution in [-0.4, -0.2) is 62.4 Å². The van der Waals surface area contributed by atoms with E-state index in [4.69, 9.17) is 9.47 Å². The molecule has 2 aliphatic rings. The summed E-state index contributed by atoms with van der Waals surface area (Å²) in [5.74, 6) is 0.0737. The number of likely N-dealkylation sites (N-methyl/N-ethyl adjacent to an activating group) is 1. The average molecular weight is 256 g/mol. The van der Waals surface area contributed by atoms with Gasteiger partial charge in [-0.3, -0.25) is 4.79 Å². The van der Waals surface area contributed by atoms with E-state index in [1.807, 2.05) is 11.8 Å². The summed E-state index contributed by atoms with van der Waals surface area (Å²) in [4.78, 5) is 14.2. The van der Waals surface area contributed by atoms with Crippen LogP contribution in [0.2, 0.25) is 0 Å². The number of hydrogen-bond donors (Lipinski definition) is 1. The van der Waals surface area contributed by atoms with E-state index in [9.17, 15) is 4.79 Å². The number of carbonyl (C=O) groups excluding carboxylic acids is 1. The van der Waals surface area contributed by atoms with E-state index in [-0.39, 0.29) is 5.91 Å². The van der Waals surface area contributed by atoms with Crippen molar-refractivity contribution in [2.45, 2.75) is 38.3 Å². The first kappa shape index (κ1) is 13.8. The van der Waals surface area contributed by atoms with E-state index in [1.54, 1.807) is 0 Å². The van der Waals surface area contributed by atoms with Gasteiger partial charge in [-0.15, -0.1) is 0 Å². The number of rotatable bonds is 4. The topological polar surface area (TPSA) is 50.8 Å². The molecule has 0 aliphatic carbocycles. The van der Waals surface area contributed by atoms with Gasteiger partial charge in [-0.1, -0.05) is 6.42 Å². The van der Waals surface area contributed by atoms with Crippen molar-refractivity contribution in [1.82, 2.24) is 10.2 Å². The van der Waals surface area contributed by atoms with E-state index in [1.165, 1.54) is 12.8 Å². The molecule has 1 N–H and O–H groups in total. The largest absolute Gasteiger partial charge is 0.376 e. The fourth-order valence-corrected chi connectivity index (χ4v) is 2.55. The lowest BCUT2D eigenvalue weighted by Crippen LogP contribution is -2.50. The molecule has 0 radical (unpaired) electrons. The molecule has 2 aliphatic heterocycles. The number of hydrogen-bond acceptors (Lipinski definition) is 4. The first-order chi connectivity index (χ1) is 8.81. The Morgan fingerprint density at radius 3 is 2.89 bits per heavy atom. The molecule has 0 aromatic heterocycles. The Morgan fingerprint density at radius 2 is 2.28 bits per heavy atom. The Kier molecular flexibility index (Phi) is 5.41. The maximum atomic E-state index is 12.3. The number of carbonyl (C=O) groups is 1. The Hall–Kier alpha value is -0.650. The van der Waals surface area contributed by atoms with Crippen LogP contribution in [0.4, 0.5) is 0 Å².